The Bertz CT molecular complexity index is 580. The number of carbonyl (C=O) groups is 3. The second-order valence-corrected chi connectivity index (χ2v) is 7.61. The van der Waals surface area contributed by atoms with E-state index in [1.54, 1.807) is 0 Å². The molecule has 0 radical (unpaired) electrons. The molecule has 6 nitrogen and oxygen atoms in total. The van der Waals surface area contributed by atoms with Crippen LogP contribution in [0, 0.1) is 23.2 Å². The van der Waals surface area contributed by atoms with Gasteiger partial charge in [-0.05, 0) is 56.3 Å². The van der Waals surface area contributed by atoms with Crippen LogP contribution in [0.2, 0.25) is 0 Å². The lowest BCUT2D eigenvalue weighted by molar-refractivity contribution is -0.255. The van der Waals surface area contributed by atoms with Gasteiger partial charge in [0.25, 0.3) is 0 Å². The maximum Gasteiger partial charge on any atom is 0.504 e. The third-order valence-electron chi connectivity index (χ3n) is 5.66. The van der Waals surface area contributed by atoms with Crippen LogP contribution in [0.1, 0.15) is 38.5 Å². The molecule has 4 aliphatic rings. The van der Waals surface area contributed by atoms with Gasteiger partial charge in [-0.25, -0.2) is 9.59 Å². The monoisotopic (exact) mass is 372 g/mol. The SMILES string of the molecule is C=CC(=O)OCCOC(=O)C(F)(F)OC(=O)C12CC3CC(CC(C3)C1)C2. The van der Waals surface area contributed by atoms with Crippen LogP contribution in [0.15, 0.2) is 12.7 Å². The van der Waals surface area contributed by atoms with E-state index in [2.05, 4.69) is 20.8 Å². The van der Waals surface area contributed by atoms with Crippen molar-refractivity contribution >= 4 is 17.9 Å². The lowest BCUT2D eigenvalue weighted by atomic mass is 9.49. The predicted octanol–water partition coefficient (Wildman–Crippen LogP) is 2.61. The Hall–Kier alpha value is -1.99. The van der Waals surface area contributed by atoms with Gasteiger partial charge in [-0.3, -0.25) is 4.79 Å². The fourth-order valence-corrected chi connectivity index (χ4v) is 5.05. The lowest BCUT2D eigenvalue weighted by Crippen LogP contribution is -2.52. The highest BCUT2D eigenvalue weighted by atomic mass is 19.3. The normalized spacial score (nSPS) is 32.0. The minimum Gasteiger partial charge on any atom is -0.459 e. The molecule has 144 valence electrons. The summed E-state index contributed by atoms with van der Waals surface area (Å²) in [6.45, 7) is 2.20. The average molecular weight is 372 g/mol. The van der Waals surface area contributed by atoms with Gasteiger partial charge in [0.15, 0.2) is 0 Å². The molecule has 4 aliphatic carbocycles. The van der Waals surface area contributed by atoms with Gasteiger partial charge in [-0.1, -0.05) is 6.58 Å². The van der Waals surface area contributed by atoms with Crippen molar-refractivity contribution < 1.29 is 37.4 Å². The summed E-state index contributed by atoms with van der Waals surface area (Å²) < 4.78 is 41.1. The molecule has 26 heavy (non-hydrogen) atoms. The molecule has 0 amide bonds. The second kappa shape index (κ2) is 6.96. The smallest absolute Gasteiger partial charge is 0.459 e. The number of hydrogen-bond donors (Lipinski definition) is 0. The highest BCUT2D eigenvalue weighted by molar-refractivity contribution is 5.83. The topological polar surface area (TPSA) is 78.9 Å². The molecular formula is C18H22F2O6. The maximum atomic E-state index is 14.0. The minimum atomic E-state index is -4.36. The fourth-order valence-electron chi connectivity index (χ4n) is 5.05. The molecule has 4 rings (SSSR count). The Morgan fingerprint density at radius 2 is 1.50 bits per heavy atom. The molecule has 8 heteroatoms. The largest absolute Gasteiger partial charge is 0.504 e. The van der Waals surface area contributed by atoms with Gasteiger partial charge in [-0.2, -0.15) is 8.78 Å². The molecule has 0 aliphatic heterocycles. The van der Waals surface area contributed by atoms with E-state index in [1.165, 1.54) is 0 Å². The number of alkyl halides is 2. The van der Waals surface area contributed by atoms with E-state index in [9.17, 15) is 23.2 Å². The zero-order valence-electron chi connectivity index (χ0n) is 14.4. The Kier molecular flexibility index (Phi) is 5.03. The summed E-state index contributed by atoms with van der Waals surface area (Å²) in [5.74, 6) is -2.58. The van der Waals surface area contributed by atoms with Crippen molar-refractivity contribution in [3.8, 4) is 0 Å². The van der Waals surface area contributed by atoms with Gasteiger partial charge in [-0.15, -0.1) is 0 Å². The molecule has 4 fully saturated rings. The molecule has 0 saturated heterocycles. The van der Waals surface area contributed by atoms with Gasteiger partial charge in [0.05, 0.1) is 5.41 Å². The van der Waals surface area contributed by atoms with Crippen LogP contribution in [0.4, 0.5) is 8.78 Å². The van der Waals surface area contributed by atoms with Crippen LogP contribution < -0.4 is 0 Å². The molecule has 0 aromatic carbocycles. The van der Waals surface area contributed by atoms with Crippen LogP contribution >= 0.6 is 0 Å². The lowest BCUT2D eigenvalue weighted by Gasteiger charge is -2.55. The van der Waals surface area contributed by atoms with Crippen molar-refractivity contribution in [2.75, 3.05) is 13.2 Å². The van der Waals surface area contributed by atoms with Crippen LogP contribution in [0.25, 0.3) is 0 Å². The molecule has 0 aromatic rings. The van der Waals surface area contributed by atoms with Crippen molar-refractivity contribution in [1.29, 1.82) is 0 Å². The Morgan fingerprint density at radius 3 is 2.00 bits per heavy atom. The number of hydrogen-bond acceptors (Lipinski definition) is 6. The number of esters is 3. The van der Waals surface area contributed by atoms with Crippen LogP contribution in [-0.4, -0.2) is 37.2 Å². The molecular weight excluding hydrogens is 350 g/mol. The van der Waals surface area contributed by atoms with Gasteiger partial charge < -0.3 is 14.2 Å². The Balaban J connectivity index is 1.53. The Labute approximate surface area is 149 Å². The average Bonchev–Trinajstić information content (AvgIpc) is 2.56. The number of rotatable bonds is 7. The summed E-state index contributed by atoms with van der Waals surface area (Å²) in [5.41, 5.74) is -0.891. The van der Waals surface area contributed by atoms with Crippen molar-refractivity contribution in [2.24, 2.45) is 23.2 Å². The highest BCUT2D eigenvalue weighted by Gasteiger charge is 2.58. The fraction of sp³-hybridized carbons (Fsp3) is 0.722. The van der Waals surface area contributed by atoms with Crippen molar-refractivity contribution in [2.45, 2.75) is 44.6 Å². The van der Waals surface area contributed by atoms with Crippen LogP contribution in [0.5, 0.6) is 0 Å². The van der Waals surface area contributed by atoms with Gasteiger partial charge in [0.2, 0.25) is 0 Å². The number of carbonyl (C=O) groups excluding carboxylic acids is 3. The number of halogens is 2. The summed E-state index contributed by atoms with van der Waals surface area (Å²) in [6.07, 6.45) is 1.35. The highest BCUT2D eigenvalue weighted by Crippen LogP contribution is 2.60. The van der Waals surface area contributed by atoms with Gasteiger partial charge in [0.1, 0.15) is 13.2 Å². The Morgan fingerprint density at radius 1 is 1.00 bits per heavy atom. The molecule has 0 unspecified atom stereocenters. The molecule has 0 heterocycles. The first kappa shape index (κ1) is 18.8. The molecule has 0 atom stereocenters. The van der Waals surface area contributed by atoms with E-state index in [0.717, 1.165) is 25.3 Å². The van der Waals surface area contributed by atoms with Crippen molar-refractivity contribution in [1.82, 2.24) is 0 Å². The third kappa shape index (κ3) is 3.73. The second-order valence-electron chi connectivity index (χ2n) is 7.61. The van der Waals surface area contributed by atoms with Crippen LogP contribution in [0.3, 0.4) is 0 Å². The minimum absolute atomic E-state index is 0.383. The quantitative estimate of drug-likeness (QED) is 0.296. The molecule has 0 N–H and O–H groups in total. The summed E-state index contributed by atoms with van der Waals surface area (Å²) in [4.78, 5) is 34.8. The molecule has 0 aromatic heterocycles. The van der Waals surface area contributed by atoms with E-state index in [-0.39, 0.29) is 0 Å². The van der Waals surface area contributed by atoms with E-state index in [4.69, 9.17) is 0 Å². The first-order valence-electron chi connectivity index (χ1n) is 8.82. The van der Waals surface area contributed by atoms with E-state index >= 15 is 0 Å². The first-order valence-corrected chi connectivity index (χ1v) is 8.82. The molecule has 4 bridgehead atoms. The first-order chi connectivity index (χ1) is 12.2. The van der Waals surface area contributed by atoms with E-state index in [1.807, 2.05) is 0 Å². The third-order valence-corrected chi connectivity index (χ3v) is 5.66. The summed E-state index contributed by atoms with van der Waals surface area (Å²) in [5, 5.41) is 0. The zero-order chi connectivity index (χ0) is 18.9. The van der Waals surface area contributed by atoms with E-state index in [0.29, 0.717) is 37.0 Å². The van der Waals surface area contributed by atoms with Crippen LogP contribution in [-0.2, 0) is 28.6 Å². The standard InChI is InChI=1S/C18H22F2O6/c1-2-14(21)24-3-4-25-16(23)18(19,20)26-15(22)17-8-11-5-12(9-17)7-13(6-11)10-17/h2,11-13H,1,3-10H2. The predicted molar refractivity (Wildman–Crippen MR) is 83.8 cm³/mol. The van der Waals surface area contributed by atoms with E-state index < -0.39 is 42.6 Å². The summed E-state index contributed by atoms with van der Waals surface area (Å²) >= 11 is 0. The summed E-state index contributed by atoms with van der Waals surface area (Å²) in [7, 11) is 0. The zero-order valence-corrected chi connectivity index (χ0v) is 14.4. The van der Waals surface area contributed by atoms with Gasteiger partial charge in [0, 0.05) is 6.08 Å². The van der Waals surface area contributed by atoms with Crippen molar-refractivity contribution in [3.05, 3.63) is 12.7 Å². The maximum absolute atomic E-state index is 14.0. The molecule has 4 saturated carbocycles. The summed E-state index contributed by atoms with van der Waals surface area (Å²) in [6, 6.07) is 0. The molecule has 0 spiro atoms. The number of ether oxygens (including phenoxy) is 3. The van der Waals surface area contributed by atoms with Gasteiger partial charge >= 0.3 is 24.0 Å². The van der Waals surface area contributed by atoms with Crippen molar-refractivity contribution in [3.63, 3.8) is 0 Å².